The van der Waals surface area contributed by atoms with Crippen LogP contribution in [-0.4, -0.2) is 27.8 Å². The van der Waals surface area contributed by atoms with Gasteiger partial charge in [-0.15, -0.1) is 0 Å². The second-order valence-electron chi connectivity index (χ2n) is 7.03. The Morgan fingerprint density at radius 2 is 1.68 bits per heavy atom. The van der Waals surface area contributed by atoms with Gasteiger partial charge in [-0.3, -0.25) is 9.59 Å². The predicted octanol–water partition coefficient (Wildman–Crippen LogP) is 2.63. The first-order valence-electron chi connectivity index (χ1n) is 8.14. The summed E-state index contributed by atoms with van der Waals surface area (Å²) in [6.07, 6.45) is 4.68. The second kappa shape index (κ2) is 5.41. The summed E-state index contributed by atoms with van der Waals surface area (Å²) in [7, 11) is 0. The van der Waals surface area contributed by atoms with Crippen LogP contribution in [0.5, 0.6) is 0 Å². The Kier molecular flexibility index (Phi) is 3.71. The molecule has 1 aliphatic carbocycles. The molecule has 2 amide bonds. The van der Waals surface area contributed by atoms with Crippen molar-refractivity contribution in [3.05, 3.63) is 35.9 Å². The Labute approximate surface area is 131 Å². The van der Waals surface area contributed by atoms with E-state index in [-0.39, 0.29) is 11.8 Å². The number of nitrogens with one attached hydrogen (secondary N) is 1. The van der Waals surface area contributed by atoms with Gasteiger partial charge in [0, 0.05) is 6.54 Å². The van der Waals surface area contributed by atoms with E-state index in [1.807, 2.05) is 44.2 Å². The van der Waals surface area contributed by atoms with Crippen molar-refractivity contribution in [3.8, 4) is 0 Å². The molecule has 1 saturated heterocycles. The van der Waals surface area contributed by atoms with Gasteiger partial charge in [0.25, 0.3) is 0 Å². The fraction of sp³-hybridized carbons (Fsp3) is 0.556. The maximum Gasteiger partial charge on any atom is 0.249 e. The van der Waals surface area contributed by atoms with Crippen molar-refractivity contribution in [1.29, 1.82) is 0 Å². The van der Waals surface area contributed by atoms with Gasteiger partial charge in [-0.2, -0.15) is 0 Å². The summed E-state index contributed by atoms with van der Waals surface area (Å²) in [5.41, 5.74) is -0.417. The zero-order chi connectivity index (χ0) is 15.8. The molecule has 1 aromatic carbocycles. The Balaban J connectivity index is 1.93. The number of benzene rings is 1. The summed E-state index contributed by atoms with van der Waals surface area (Å²) in [5, 5.41) is 3.06. The molecule has 4 nitrogen and oxygen atoms in total. The molecule has 22 heavy (non-hydrogen) atoms. The minimum Gasteiger partial charge on any atom is -0.340 e. The van der Waals surface area contributed by atoms with Gasteiger partial charge >= 0.3 is 0 Å². The van der Waals surface area contributed by atoms with Crippen LogP contribution in [-0.2, 0) is 16.1 Å². The highest BCUT2D eigenvalue weighted by atomic mass is 16.2. The molecule has 0 aromatic heterocycles. The topological polar surface area (TPSA) is 49.4 Å². The molecule has 4 heteroatoms. The van der Waals surface area contributed by atoms with Crippen molar-refractivity contribution in [2.45, 2.75) is 63.6 Å². The van der Waals surface area contributed by atoms with Crippen molar-refractivity contribution >= 4 is 11.8 Å². The normalized spacial score (nSPS) is 23.5. The van der Waals surface area contributed by atoms with E-state index in [9.17, 15) is 9.59 Å². The maximum absolute atomic E-state index is 13.2. The van der Waals surface area contributed by atoms with Crippen molar-refractivity contribution in [2.75, 3.05) is 0 Å². The van der Waals surface area contributed by atoms with Gasteiger partial charge in [0.05, 0.1) is 0 Å². The highest BCUT2D eigenvalue weighted by Gasteiger charge is 2.54. The summed E-state index contributed by atoms with van der Waals surface area (Å²) in [4.78, 5) is 27.6. The van der Waals surface area contributed by atoms with Crippen LogP contribution < -0.4 is 5.32 Å². The standard InChI is InChI=1S/C18H24N2O2/c1-17(2)15(21)19-18(11-7-4-8-12-18)16(22)20(17)13-14-9-5-3-6-10-14/h3,5-6,9-10H,4,7-8,11-13H2,1-2H3,(H,19,21). The quantitative estimate of drug-likeness (QED) is 0.913. The number of piperazine rings is 1. The van der Waals surface area contributed by atoms with Crippen molar-refractivity contribution < 1.29 is 9.59 Å². The van der Waals surface area contributed by atoms with E-state index in [4.69, 9.17) is 0 Å². The summed E-state index contributed by atoms with van der Waals surface area (Å²) < 4.78 is 0. The van der Waals surface area contributed by atoms with Crippen LogP contribution in [0, 0.1) is 0 Å². The van der Waals surface area contributed by atoms with Gasteiger partial charge in [0.2, 0.25) is 11.8 Å². The molecule has 1 aromatic rings. The molecule has 1 saturated carbocycles. The van der Waals surface area contributed by atoms with Gasteiger partial charge in [0.15, 0.2) is 0 Å². The first kappa shape index (κ1) is 15.1. The average molecular weight is 300 g/mol. The number of hydrogen-bond donors (Lipinski definition) is 1. The molecular weight excluding hydrogens is 276 g/mol. The van der Waals surface area contributed by atoms with Crippen LogP contribution in [0.25, 0.3) is 0 Å². The number of carbonyl (C=O) groups excluding carboxylic acids is 2. The minimum atomic E-state index is -0.810. The van der Waals surface area contributed by atoms with E-state index in [1.165, 1.54) is 0 Å². The Morgan fingerprint density at radius 3 is 2.32 bits per heavy atom. The van der Waals surface area contributed by atoms with E-state index >= 15 is 0 Å². The zero-order valence-corrected chi connectivity index (χ0v) is 13.4. The van der Waals surface area contributed by atoms with Crippen LogP contribution >= 0.6 is 0 Å². The van der Waals surface area contributed by atoms with Crippen LogP contribution in [0.3, 0.4) is 0 Å². The van der Waals surface area contributed by atoms with Gasteiger partial charge in [-0.1, -0.05) is 49.6 Å². The van der Waals surface area contributed by atoms with Crippen LogP contribution in [0.2, 0.25) is 0 Å². The van der Waals surface area contributed by atoms with E-state index in [0.717, 1.165) is 37.7 Å². The van der Waals surface area contributed by atoms with Gasteiger partial charge in [-0.25, -0.2) is 0 Å². The first-order chi connectivity index (χ1) is 10.5. The van der Waals surface area contributed by atoms with Gasteiger partial charge < -0.3 is 10.2 Å². The Hall–Kier alpha value is -1.84. The third kappa shape index (κ3) is 2.40. The largest absolute Gasteiger partial charge is 0.340 e. The number of amides is 2. The van der Waals surface area contributed by atoms with E-state index in [0.29, 0.717) is 6.54 Å². The zero-order valence-electron chi connectivity index (χ0n) is 13.4. The molecule has 2 fully saturated rings. The SMILES string of the molecule is CC1(C)C(=O)NC2(CCCCC2)C(=O)N1Cc1ccccc1. The van der Waals surface area contributed by atoms with E-state index < -0.39 is 11.1 Å². The molecule has 0 atom stereocenters. The van der Waals surface area contributed by atoms with Crippen molar-refractivity contribution in [3.63, 3.8) is 0 Å². The Bertz CT molecular complexity index is 574. The average Bonchev–Trinajstić information content (AvgIpc) is 2.52. The summed E-state index contributed by atoms with van der Waals surface area (Å²) in [5.74, 6) is 0.0468. The van der Waals surface area contributed by atoms with E-state index in [1.54, 1.807) is 4.90 Å². The monoisotopic (exact) mass is 300 g/mol. The Morgan fingerprint density at radius 1 is 1.05 bits per heavy atom. The molecule has 0 radical (unpaired) electrons. The van der Waals surface area contributed by atoms with Crippen LogP contribution in [0.4, 0.5) is 0 Å². The lowest BCUT2D eigenvalue weighted by Crippen LogP contribution is -2.74. The fourth-order valence-electron chi connectivity index (χ4n) is 3.59. The third-order valence-electron chi connectivity index (χ3n) is 5.13. The number of hydrogen-bond acceptors (Lipinski definition) is 2. The number of rotatable bonds is 2. The van der Waals surface area contributed by atoms with Crippen LogP contribution in [0.15, 0.2) is 30.3 Å². The third-order valence-corrected chi connectivity index (χ3v) is 5.13. The molecule has 1 heterocycles. The molecule has 0 bridgehead atoms. The maximum atomic E-state index is 13.2. The smallest absolute Gasteiger partial charge is 0.249 e. The molecule has 2 aliphatic rings. The summed E-state index contributed by atoms with van der Waals surface area (Å²) in [6, 6.07) is 9.90. The summed E-state index contributed by atoms with van der Waals surface area (Å²) >= 11 is 0. The van der Waals surface area contributed by atoms with Crippen molar-refractivity contribution in [1.82, 2.24) is 10.2 Å². The molecule has 0 unspecified atom stereocenters. The fourth-order valence-corrected chi connectivity index (χ4v) is 3.59. The van der Waals surface area contributed by atoms with Gasteiger partial charge in [-0.05, 0) is 32.3 Å². The molecular formula is C18H24N2O2. The molecule has 3 rings (SSSR count). The lowest BCUT2D eigenvalue weighted by Gasteiger charge is -2.51. The first-order valence-corrected chi connectivity index (χ1v) is 8.14. The van der Waals surface area contributed by atoms with Crippen molar-refractivity contribution in [2.24, 2.45) is 0 Å². The predicted molar refractivity (Wildman–Crippen MR) is 85.0 cm³/mol. The highest BCUT2D eigenvalue weighted by Crippen LogP contribution is 2.36. The second-order valence-corrected chi connectivity index (χ2v) is 7.03. The molecule has 1 N–H and O–H groups in total. The number of carbonyl (C=O) groups is 2. The molecule has 118 valence electrons. The lowest BCUT2D eigenvalue weighted by molar-refractivity contribution is -0.163. The lowest BCUT2D eigenvalue weighted by atomic mass is 9.76. The molecule has 1 spiro atoms. The van der Waals surface area contributed by atoms with E-state index in [2.05, 4.69) is 5.32 Å². The summed E-state index contributed by atoms with van der Waals surface area (Å²) in [6.45, 7) is 4.15. The number of nitrogens with zero attached hydrogens (tertiary/aromatic N) is 1. The molecule has 1 aliphatic heterocycles. The van der Waals surface area contributed by atoms with Crippen LogP contribution in [0.1, 0.15) is 51.5 Å². The minimum absolute atomic E-state index is 0.0371. The highest BCUT2D eigenvalue weighted by molar-refractivity contribution is 6.01. The van der Waals surface area contributed by atoms with Gasteiger partial charge in [0.1, 0.15) is 11.1 Å².